The fourth-order valence-electron chi connectivity index (χ4n) is 5.73. The molecule has 22 heavy (non-hydrogen) atoms. The summed E-state index contributed by atoms with van der Waals surface area (Å²) in [6, 6.07) is 3.67. The molecule has 118 valence electrons. The molecule has 2 bridgehead atoms. The van der Waals surface area contributed by atoms with Crippen molar-refractivity contribution in [3.05, 3.63) is 23.3 Å². The van der Waals surface area contributed by atoms with Crippen LogP contribution in [0.2, 0.25) is 0 Å². The summed E-state index contributed by atoms with van der Waals surface area (Å²) >= 11 is 0. The number of aromatic hydroxyl groups is 1. The van der Waals surface area contributed by atoms with Gasteiger partial charge in [0.1, 0.15) is 6.10 Å². The number of aliphatic hydroxyl groups is 2. The molecule has 2 heterocycles. The van der Waals surface area contributed by atoms with Crippen LogP contribution < -0.4 is 4.74 Å². The summed E-state index contributed by atoms with van der Waals surface area (Å²) in [7, 11) is 2.07. The van der Waals surface area contributed by atoms with Crippen molar-refractivity contribution < 1.29 is 20.1 Å². The molecule has 2 aliphatic heterocycles. The van der Waals surface area contributed by atoms with E-state index in [0.29, 0.717) is 18.6 Å². The van der Waals surface area contributed by atoms with Gasteiger partial charge in [-0.15, -0.1) is 0 Å². The van der Waals surface area contributed by atoms with Crippen molar-refractivity contribution in [2.45, 2.75) is 54.9 Å². The van der Waals surface area contributed by atoms with Crippen molar-refractivity contribution in [3.63, 3.8) is 0 Å². The smallest absolute Gasteiger partial charge is 0.165 e. The molecule has 1 saturated heterocycles. The Morgan fingerprint density at radius 1 is 1.32 bits per heavy atom. The van der Waals surface area contributed by atoms with Gasteiger partial charge in [-0.3, -0.25) is 0 Å². The third-order valence-corrected chi connectivity index (χ3v) is 6.70. The molecule has 0 radical (unpaired) electrons. The first kappa shape index (κ1) is 13.2. The number of benzene rings is 1. The van der Waals surface area contributed by atoms with Gasteiger partial charge >= 0.3 is 0 Å². The molecule has 1 spiro atoms. The lowest BCUT2D eigenvalue weighted by Gasteiger charge is -2.63. The summed E-state index contributed by atoms with van der Waals surface area (Å²) in [6.07, 6.45) is 1.59. The van der Waals surface area contributed by atoms with Crippen LogP contribution in [0.15, 0.2) is 12.1 Å². The van der Waals surface area contributed by atoms with Crippen molar-refractivity contribution in [3.8, 4) is 11.5 Å². The molecule has 5 rings (SSSR count). The largest absolute Gasteiger partial charge is 0.504 e. The maximum atomic E-state index is 11.7. The zero-order valence-electron chi connectivity index (χ0n) is 12.6. The topological polar surface area (TPSA) is 73.2 Å². The van der Waals surface area contributed by atoms with Crippen LogP contribution in [-0.4, -0.2) is 57.7 Å². The second-order valence-electron chi connectivity index (χ2n) is 7.44. The molecular formula is C17H21NO4. The molecule has 4 aliphatic rings. The highest BCUT2D eigenvalue weighted by molar-refractivity contribution is 5.62. The number of nitrogens with zero attached hydrogens (tertiary/aromatic N) is 1. The standard InChI is InChI=1S/C17H21NO4/c1-18-7-6-16-13-9-2-3-10(19)14(13)22-15(16)11(20)4-5-17(16,21)12(18)8-9/h2-3,11-12,15,19-21H,4-8H2,1H3/t11?,12-,15+,16+,17-/m1/s1. The molecule has 3 N–H and O–H groups in total. The zero-order valence-corrected chi connectivity index (χ0v) is 12.6. The van der Waals surface area contributed by atoms with Crippen molar-refractivity contribution in [2.75, 3.05) is 13.6 Å². The number of phenols is 1. The second-order valence-corrected chi connectivity index (χ2v) is 7.44. The average molecular weight is 303 g/mol. The number of ether oxygens (including phenoxy) is 1. The highest BCUT2D eigenvalue weighted by Crippen LogP contribution is 2.65. The van der Waals surface area contributed by atoms with Gasteiger partial charge in [0, 0.05) is 11.6 Å². The Bertz CT molecular complexity index is 677. The fraction of sp³-hybridized carbons (Fsp3) is 0.647. The van der Waals surface area contributed by atoms with E-state index >= 15 is 0 Å². The third-order valence-electron chi connectivity index (χ3n) is 6.70. The molecular weight excluding hydrogens is 282 g/mol. The Morgan fingerprint density at radius 2 is 2.14 bits per heavy atom. The number of hydrogen-bond donors (Lipinski definition) is 3. The second kappa shape index (κ2) is 3.78. The van der Waals surface area contributed by atoms with E-state index in [0.717, 1.165) is 30.5 Å². The van der Waals surface area contributed by atoms with Crippen LogP contribution >= 0.6 is 0 Å². The zero-order chi connectivity index (χ0) is 15.3. The van der Waals surface area contributed by atoms with E-state index in [1.165, 1.54) is 0 Å². The number of rotatable bonds is 0. The van der Waals surface area contributed by atoms with E-state index < -0.39 is 23.2 Å². The van der Waals surface area contributed by atoms with E-state index in [1.54, 1.807) is 6.07 Å². The van der Waals surface area contributed by atoms with Gasteiger partial charge < -0.3 is 25.0 Å². The summed E-state index contributed by atoms with van der Waals surface area (Å²) in [5.41, 5.74) is 0.633. The minimum Gasteiger partial charge on any atom is -0.504 e. The molecule has 1 aromatic carbocycles. The van der Waals surface area contributed by atoms with Gasteiger partial charge in [-0.25, -0.2) is 0 Å². The van der Waals surface area contributed by atoms with Gasteiger partial charge in [0.25, 0.3) is 0 Å². The van der Waals surface area contributed by atoms with Gasteiger partial charge in [-0.2, -0.15) is 0 Å². The van der Waals surface area contributed by atoms with E-state index in [-0.39, 0.29) is 11.8 Å². The summed E-state index contributed by atoms with van der Waals surface area (Å²) in [4.78, 5) is 2.24. The van der Waals surface area contributed by atoms with Gasteiger partial charge in [0.2, 0.25) is 0 Å². The summed E-state index contributed by atoms with van der Waals surface area (Å²) < 4.78 is 6.04. The number of phenolic OH excluding ortho intramolecular Hbond substituents is 1. The number of hydrogen-bond acceptors (Lipinski definition) is 5. The van der Waals surface area contributed by atoms with Crippen LogP contribution in [0.25, 0.3) is 0 Å². The van der Waals surface area contributed by atoms with E-state index in [4.69, 9.17) is 4.74 Å². The molecule has 2 aliphatic carbocycles. The first-order chi connectivity index (χ1) is 10.5. The Balaban J connectivity index is 1.86. The van der Waals surface area contributed by atoms with Gasteiger partial charge in [-0.05, 0) is 50.9 Å². The average Bonchev–Trinajstić information content (AvgIpc) is 2.85. The molecule has 0 aromatic heterocycles. The van der Waals surface area contributed by atoms with Crippen LogP contribution in [0, 0.1) is 0 Å². The van der Waals surface area contributed by atoms with E-state index in [1.807, 2.05) is 6.07 Å². The Morgan fingerprint density at radius 3 is 2.95 bits per heavy atom. The fourth-order valence-corrected chi connectivity index (χ4v) is 5.73. The van der Waals surface area contributed by atoms with E-state index in [9.17, 15) is 15.3 Å². The van der Waals surface area contributed by atoms with Crippen LogP contribution in [-0.2, 0) is 11.8 Å². The van der Waals surface area contributed by atoms with Crippen LogP contribution in [0.5, 0.6) is 11.5 Å². The Hall–Kier alpha value is -1.30. The minimum atomic E-state index is -0.893. The molecule has 2 fully saturated rings. The molecule has 1 unspecified atom stereocenters. The van der Waals surface area contributed by atoms with Gasteiger partial charge in [0.05, 0.1) is 17.1 Å². The first-order valence-corrected chi connectivity index (χ1v) is 8.12. The molecule has 5 heteroatoms. The summed E-state index contributed by atoms with van der Waals surface area (Å²) in [5.74, 6) is 0.610. The predicted octanol–water partition coefficient (Wildman–Crippen LogP) is 0.537. The predicted molar refractivity (Wildman–Crippen MR) is 79.1 cm³/mol. The molecule has 1 saturated carbocycles. The van der Waals surface area contributed by atoms with Crippen LogP contribution in [0.4, 0.5) is 0 Å². The van der Waals surface area contributed by atoms with E-state index in [2.05, 4.69) is 11.9 Å². The molecule has 0 amide bonds. The third kappa shape index (κ3) is 1.17. The minimum absolute atomic E-state index is 0.0443. The van der Waals surface area contributed by atoms with Crippen LogP contribution in [0.1, 0.15) is 30.4 Å². The molecule has 5 nitrogen and oxygen atoms in total. The number of aliphatic hydroxyl groups excluding tert-OH is 1. The van der Waals surface area contributed by atoms with Crippen LogP contribution in [0.3, 0.4) is 0 Å². The summed E-state index contributed by atoms with van der Waals surface area (Å²) in [6.45, 7) is 0.869. The lowest BCUT2D eigenvalue weighted by Crippen LogP contribution is -2.76. The Kier molecular flexibility index (Phi) is 2.26. The highest BCUT2D eigenvalue weighted by atomic mass is 16.5. The maximum absolute atomic E-state index is 11.7. The van der Waals surface area contributed by atoms with Crippen molar-refractivity contribution >= 4 is 0 Å². The normalized spacial score (nSPS) is 45.3. The number of likely N-dealkylation sites (N-methyl/N-ethyl adjacent to an activating group) is 1. The molecule has 5 atom stereocenters. The van der Waals surface area contributed by atoms with Crippen molar-refractivity contribution in [1.29, 1.82) is 0 Å². The van der Waals surface area contributed by atoms with Crippen molar-refractivity contribution in [2.24, 2.45) is 0 Å². The molecule has 1 aromatic rings. The highest BCUT2D eigenvalue weighted by Gasteiger charge is 2.72. The van der Waals surface area contributed by atoms with Gasteiger partial charge in [0.15, 0.2) is 11.5 Å². The lowest BCUT2D eigenvalue weighted by atomic mass is 9.49. The lowest BCUT2D eigenvalue weighted by molar-refractivity contribution is -0.204. The summed E-state index contributed by atoms with van der Waals surface area (Å²) in [5, 5.41) is 32.4. The monoisotopic (exact) mass is 303 g/mol. The number of piperidine rings is 1. The Labute approximate surface area is 129 Å². The SMILES string of the molecule is CN1CC[C@]23c4c5ccc(O)c4O[C@H]2C(O)CC[C@@]3(O)[C@H]1C5. The van der Waals surface area contributed by atoms with Crippen molar-refractivity contribution in [1.82, 2.24) is 4.90 Å². The first-order valence-electron chi connectivity index (χ1n) is 8.12. The quantitative estimate of drug-likeness (QED) is 0.652. The number of likely N-dealkylation sites (tertiary alicyclic amines) is 1. The van der Waals surface area contributed by atoms with Gasteiger partial charge in [-0.1, -0.05) is 6.07 Å². The maximum Gasteiger partial charge on any atom is 0.165 e.